The number of nitrogens with zero attached hydrogens (tertiary/aromatic N) is 1. The van der Waals surface area contributed by atoms with E-state index in [9.17, 15) is 22.7 Å². The van der Waals surface area contributed by atoms with Crippen LogP contribution in [-0.2, 0) is 10.9 Å². The number of halogens is 4. The predicted molar refractivity (Wildman–Crippen MR) is 70.2 cm³/mol. The van der Waals surface area contributed by atoms with Gasteiger partial charge in [-0.3, -0.25) is 4.90 Å². The Morgan fingerprint density at radius 2 is 1.95 bits per heavy atom. The standard InChI is InChI=1S/C14H17F4NO3/c15-13-2-1-11(7-12(13)14(16,17)18)22-9-10(20)8-19-3-5-21-6-4-19/h1-2,7,10,20H,3-6,8-9H2/t10-/m1/s1. The van der Waals surface area contributed by atoms with Gasteiger partial charge in [0.05, 0.1) is 18.8 Å². The van der Waals surface area contributed by atoms with Gasteiger partial charge < -0.3 is 14.6 Å². The number of morpholine rings is 1. The first kappa shape index (κ1) is 17.0. The second-order valence-electron chi connectivity index (χ2n) is 5.02. The summed E-state index contributed by atoms with van der Waals surface area (Å²) in [6.45, 7) is 2.72. The van der Waals surface area contributed by atoms with E-state index in [1.807, 2.05) is 4.90 Å². The number of hydrogen-bond donors (Lipinski definition) is 1. The number of hydrogen-bond acceptors (Lipinski definition) is 4. The van der Waals surface area contributed by atoms with E-state index in [1.165, 1.54) is 0 Å². The lowest BCUT2D eigenvalue weighted by atomic mass is 10.2. The third kappa shape index (κ3) is 4.82. The number of benzene rings is 1. The first-order valence-corrected chi connectivity index (χ1v) is 6.84. The van der Waals surface area contributed by atoms with E-state index in [0.717, 1.165) is 6.07 Å². The molecular weight excluding hydrogens is 306 g/mol. The Morgan fingerprint density at radius 3 is 2.59 bits per heavy atom. The van der Waals surface area contributed by atoms with Crippen LogP contribution in [0.25, 0.3) is 0 Å². The van der Waals surface area contributed by atoms with E-state index in [0.29, 0.717) is 45.0 Å². The van der Waals surface area contributed by atoms with E-state index in [2.05, 4.69) is 0 Å². The second kappa shape index (κ2) is 7.26. The molecule has 1 N–H and O–H groups in total. The summed E-state index contributed by atoms with van der Waals surface area (Å²) in [5.74, 6) is -1.48. The van der Waals surface area contributed by atoms with Crippen LogP contribution in [0.4, 0.5) is 17.6 Å². The third-order valence-corrected chi connectivity index (χ3v) is 3.26. The summed E-state index contributed by atoms with van der Waals surface area (Å²) in [5, 5.41) is 9.84. The van der Waals surface area contributed by atoms with Crippen LogP contribution in [0, 0.1) is 5.82 Å². The summed E-state index contributed by atoms with van der Waals surface area (Å²) in [4.78, 5) is 1.98. The Bertz CT molecular complexity index is 489. The largest absolute Gasteiger partial charge is 0.491 e. The first-order chi connectivity index (χ1) is 10.4. The van der Waals surface area contributed by atoms with Crippen molar-refractivity contribution in [3.8, 4) is 5.75 Å². The highest BCUT2D eigenvalue weighted by Crippen LogP contribution is 2.33. The highest BCUT2D eigenvalue weighted by atomic mass is 19.4. The highest BCUT2D eigenvalue weighted by Gasteiger charge is 2.34. The van der Waals surface area contributed by atoms with E-state index < -0.39 is 23.7 Å². The molecule has 1 aromatic rings. The van der Waals surface area contributed by atoms with Crippen molar-refractivity contribution in [1.82, 2.24) is 4.90 Å². The Morgan fingerprint density at radius 1 is 1.27 bits per heavy atom. The van der Waals surface area contributed by atoms with Gasteiger partial charge in [0.15, 0.2) is 0 Å². The van der Waals surface area contributed by atoms with Crippen LogP contribution in [0.3, 0.4) is 0 Å². The average molecular weight is 323 g/mol. The van der Waals surface area contributed by atoms with Crippen LogP contribution in [0.5, 0.6) is 5.75 Å². The van der Waals surface area contributed by atoms with Crippen molar-refractivity contribution in [1.29, 1.82) is 0 Å². The molecule has 124 valence electrons. The molecule has 0 radical (unpaired) electrons. The fourth-order valence-corrected chi connectivity index (χ4v) is 2.14. The number of aliphatic hydroxyl groups excluding tert-OH is 1. The molecule has 22 heavy (non-hydrogen) atoms. The van der Waals surface area contributed by atoms with Gasteiger partial charge in [-0.05, 0) is 18.2 Å². The van der Waals surface area contributed by atoms with Crippen molar-refractivity contribution < 1.29 is 32.1 Å². The van der Waals surface area contributed by atoms with Gasteiger partial charge in [0.1, 0.15) is 24.3 Å². The average Bonchev–Trinajstić information content (AvgIpc) is 2.46. The molecule has 1 aliphatic rings. The molecular formula is C14H17F4NO3. The number of ether oxygens (including phenoxy) is 2. The SMILES string of the molecule is O[C@@H](COc1ccc(F)c(C(F)(F)F)c1)CN1CCOCC1. The molecule has 1 aromatic carbocycles. The van der Waals surface area contributed by atoms with Gasteiger partial charge >= 0.3 is 6.18 Å². The minimum atomic E-state index is -4.78. The van der Waals surface area contributed by atoms with Gasteiger partial charge in [-0.15, -0.1) is 0 Å². The van der Waals surface area contributed by atoms with Gasteiger partial charge in [-0.1, -0.05) is 0 Å². The van der Waals surface area contributed by atoms with E-state index in [-0.39, 0.29) is 12.4 Å². The number of rotatable bonds is 5. The van der Waals surface area contributed by atoms with Crippen molar-refractivity contribution >= 4 is 0 Å². The lowest BCUT2D eigenvalue weighted by molar-refractivity contribution is -0.140. The van der Waals surface area contributed by atoms with Gasteiger partial charge in [0, 0.05) is 19.6 Å². The predicted octanol–water partition coefficient (Wildman–Crippen LogP) is 1.92. The molecule has 2 rings (SSSR count). The van der Waals surface area contributed by atoms with E-state index in [1.54, 1.807) is 0 Å². The van der Waals surface area contributed by atoms with Crippen molar-refractivity contribution in [2.75, 3.05) is 39.5 Å². The van der Waals surface area contributed by atoms with E-state index in [4.69, 9.17) is 9.47 Å². The molecule has 1 atom stereocenters. The molecule has 0 amide bonds. The minimum absolute atomic E-state index is 0.130. The maximum Gasteiger partial charge on any atom is 0.419 e. The molecule has 1 saturated heterocycles. The number of aliphatic hydroxyl groups is 1. The van der Waals surface area contributed by atoms with Crippen LogP contribution in [0.2, 0.25) is 0 Å². The lowest BCUT2D eigenvalue weighted by Crippen LogP contribution is -2.42. The first-order valence-electron chi connectivity index (χ1n) is 6.84. The maximum atomic E-state index is 13.1. The summed E-state index contributed by atoms with van der Waals surface area (Å²) in [7, 11) is 0. The van der Waals surface area contributed by atoms with Crippen LogP contribution in [0.1, 0.15) is 5.56 Å². The molecule has 1 fully saturated rings. The zero-order valence-corrected chi connectivity index (χ0v) is 11.8. The van der Waals surface area contributed by atoms with Crippen molar-refractivity contribution in [2.45, 2.75) is 12.3 Å². The zero-order valence-electron chi connectivity index (χ0n) is 11.8. The summed E-state index contributed by atoms with van der Waals surface area (Å²) in [6.07, 6.45) is -5.63. The number of β-amino-alcohol motifs (C(OH)–C–C–N with tert-alkyl or cyclic N) is 1. The molecule has 0 aromatic heterocycles. The molecule has 0 unspecified atom stereocenters. The summed E-state index contributed by atoms with van der Waals surface area (Å²) >= 11 is 0. The smallest absolute Gasteiger partial charge is 0.419 e. The summed E-state index contributed by atoms with van der Waals surface area (Å²) < 4.78 is 61.1. The zero-order chi connectivity index (χ0) is 16.2. The monoisotopic (exact) mass is 323 g/mol. The Labute approximate surface area is 125 Å². The molecule has 1 heterocycles. The Kier molecular flexibility index (Phi) is 5.60. The topological polar surface area (TPSA) is 41.9 Å². The van der Waals surface area contributed by atoms with Crippen LogP contribution >= 0.6 is 0 Å². The summed E-state index contributed by atoms with van der Waals surface area (Å²) in [5.41, 5.74) is -1.38. The Hall–Kier alpha value is -1.38. The highest BCUT2D eigenvalue weighted by molar-refractivity contribution is 5.31. The van der Waals surface area contributed by atoms with Gasteiger partial charge in [0.2, 0.25) is 0 Å². The molecule has 4 nitrogen and oxygen atoms in total. The van der Waals surface area contributed by atoms with Crippen molar-refractivity contribution in [3.05, 3.63) is 29.6 Å². The quantitative estimate of drug-likeness (QED) is 0.841. The van der Waals surface area contributed by atoms with E-state index >= 15 is 0 Å². The molecule has 0 bridgehead atoms. The van der Waals surface area contributed by atoms with Crippen molar-refractivity contribution in [2.24, 2.45) is 0 Å². The van der Waals surface area contributed by atoms with Crippen LogP contribution in [-0.4, -0.2) is 55.6 Å². The summed E-state index contributed by atoms with van der Waals surface area (Å²) in [6, 6.07) is 2.40. The second-order valence-corrected chi connectivity index (χ2v) is 5.02. The number of alkyl halides is 3. The Balaban J connectivity index is 1.88. The molecule has 1 aliphatic heterocycles. The molecule has 8 heteroatoms. The minimum Gasteiger partial charge on any atom is -0.491 e. The van der Waals surface area contributed by atoms with Gasteiger partial charge in [-0.2, -0.15) is 13.2 Å². The normalized spacial score (nSPS) is 18.2. The van der Waals surface area contributed by atoms with Crippen molar-refractivity contribution in [3.63, 3.8) is 0 Å². The van der Waals surface area contributed by atoms with Crippen LogP contribution < -0.4 is 4.74 Å². The fraction of sp³-hybridized carbons (Fsp3) is 0.571. The van der Waals surface area contributed by atoms with Crippen LogP contribution in [0.15, 0.2) is 18.2 Å². The maximum absolute atomic E-state index is 13.1. The fourth-order valence-electron chi connectivity index (χ4n) is 2.14. The molecule has 0 aliphatic carbocycles. The van der Waals surface area contributed by atoms with Gasteiger partial charge in [0.25, 0.3) is 0 Å². The molecule has 0 spiro atoms. The lowest BCUT2D eigenvalue weighted by Gasteiger charge is -2.28. The molecule has 0 saturated carbocycles. The third-order valence-electron chi connectivity index (χ3n) is 3.26. The van der Waals surface area contributed by atoms with Gasteiger partial charge in [-0.25, -0.2) is 4.39 Å².